The van der Waals surface area contributed by atoms with Gasteiger partial charge in [-0.1, -0.05) is 25.4 Å². The molecule has 0 aliphatic carbocycles. The van der Waals surface area contributed by atoms with Crippen LogP contribution >= 0.6 is 11.6 Å². The SMILES string of the molecule is CC(C)Oc1nccn2cc(-c3ccc(F)cc3)nc12.CC(C)[O-].Fc1ccc(-c2cn3ccnc(Cl)c3n2)cc1.[Na+]. The molecule has 0 fully saturated rings. The quantitative estimate of drug-likeness (QED) is 0.289. The third kappa shape index (κ3) is 8.80. The van der Waals surface area contributed by atoms with E-state index in [-0.39, 0.29) is 47.3 Å². The van der Waals surface area contributed by atoms with E-state index in [2.05, 4.69) is 19.9 Å². The molecule has 0 saturated heterocycles. The minimum atomic E-state index is -0.417. The number of ether oxygens (including phenoxy) is 1. The Morgan fingerprint density at radius 2 is 1.17 bits per heavy atom. The van der Waals surface area contributed by atoms with Gasteiger partial charge in [-0.3, -0.25) is 0 Å². The zero-order valence-electron chi connectivity index (χ0n) is 23.9. The molecule has 8 nitrogen and oxygen atoms in total. The molecular weight excluding hydrogens is 573 g/mol. The van der Waals surface area contributed by atoms with Gasteiger partial charge in [-0.2, -0.15) is 0 Å². The number of rotatable bonds is 4. The Morgan fingerprint density at radius 1 is 0.738 bits per heavy atom. The van der Waals surface area contributed by atoms with Crippen LogP contribution in [0.3, 0.4) is 0 Å². The Kier molecular flexibility index (Phi) is 12.0. The van der Waals surface area contributed by atoms with Crippen molar-refractivity contribution in [3.05, 3.63) is 102 Å². The van der Waals surface area contributed by atoms with Crippen LogP contribution in [0.1, 0.15) is 27.7 Å². The van der Waals surface area contributed by atoms with Crippen molar-refractivity contribution in [3.8, 4) is 28.4 Å². The molecule has 0 N–H and O–H groups in total. The molecular formula is C30H28ClF2N6NaO2. The van der Waals surface area contributed by atoms with Gasteiger partial charge < -0.3 is 18.6 Å². The molecule has 0 aliphatic heterocycles. The summed E-state index contributed by atoms with van der Waals surface area (Å²) in [5.41, 5.74) is 4.43. The zero-order chi connectivity index (χ0) is 29.5. The van der Waals surface area contributed by atoms with Crippen LogP contribution in [0.5, 0.6) is 5.88 Å². The summed E-state index contributed by atoms with van der Waals surface area (Å²) < 4.78 is 35.1. The van der Waals surface area contributed by atoms with Crippen LogP contribution in [-0.2, 0) is 0 Å². The third-order valence-electron chi connectivity index (χ3n) is 5.30. The molecule has 0 atom stereocenters. The van der Waals surface area contributed by atoms with Crippen LogP contribution in [0.15, 0.2) is 85.7 Å². The Labute approximate surface area is 269 Å². The number of fused-ring (bicyclic) bond motifs is 2. The van der Waals surface area contributed by atoms with Crippen LogP contribution < -0.4 is 39.4 Å². The molecule has 4 heterocycles. The van der Waals surface area contributed by atoms with Gasteiger partial charge in [0.15, 0.2) is 10.8 Å². The molecule has 212 valence electrons. The molecule has 0 bridgehead atoms. The zero-order valence-corrected chi connectivity index (χ0v) is 26.6. The van der Waals surface area contributed by atoms with Crippen LogP contribution in [-0.4, -0.2) is 40.9 Å². The van der Waals surface area contributed by atoms with Crippen molar-refractivity contribution >= 4 is 22.9 Å². The molecule has 12 heteroatoms. The molecule has 0 spiro atoms. The normalized spacial score (nSPS) is 10.6. The summed E-state index contributed by atoms with van der Waals surface area (Å²) in [6.45, 7) is 7.10. The van der Waals surface area contributed by atoms with Crippen molar-refractivity contribution in [2.45, 2.75) is 39.9 Å². The molecule has 6 aromatic rings. The Balaban J connectivity index is 0.000000202. The largest absolute Gasteiger partial charge is 1.00 e. The van der Waals surface area contributed by atoms with Crippen molar-refractivity contribution in [2.75, 3.05) is 0 Å². The molecule has 4 aromatic heterocycles. The first kappa shape index (κ1) is 33.1. The summed E-state index contributed by atoms with van der Waals surface area (Å²) in [7, 11) is 0. The number of nitrogens with zero attached hydrogens (tertiary/aromatic N) is 6. The molecule has 0 amide bonds. The number of aromatic nitrogens is 6. The monoisotopic (exact) mass is 600 g/mol. The van der Waals surface area contributed by atoms with E-state index in [1.165, 1.54) is 24.3 Å². The van der Waals surface area contributed by atoms with Gasteiger partial charge in [0.1, 0.15) is 11.6 Å². The second-order valence-electron chi connectivity index (χ2n) is 9.39. The van der Waals surface area contributed by atoms with Crippen molar-refractivity contribution in [3.63, 3.8) is 0 Å². The van der Waals surface area contributed by atoms with Gasteiger partial charge in [-0.25, -0.2) is 28.7 Å². The van der Waals surface area contributed by atoms with Gasteiger partial charge in [-0.05, 0) is 62.4 Å². The molecule has 0 unspecified atom stereocenters. The standard InChI is InChI=1S/C15H14FN3O.C12H7ClFN3.C3H7O.Na/c1-10(2)20-15-14-18-13(9-19(14)8-7-17-15)11-3-5-12(16)6-4-11;13-11-12-16-10(7-17(12)6-5-15-11)8-1-3-9(14)4-2-8;1-3(2)4;/h3-10H,1-2H3;1-7H;3H,1-2H3;/q;;-1;+1. The van der Waals surface area contributed by atoms with Crippen LogP contribution in [0.2, 0.25) is 5.15 Å². The minimum Gasteiger partial charge on any atom is -0.852 e. The molecule has 0 saturated carbocycles. The predicted molar refractivity (Wildman–Crippen MR) is 153 cm³/mol. The van der Waals surface area contributed by atoms with E-state index in [0.717, 1.165) is 22.5 Å². The number of hydrogen-bond donors (Lipinski definition) is 0. The maximum atomic E-state index is 13.0. The van der Waals surface area contributed by atoms with Gasteiger partial charge in [0.25, 0.3) is 5.88 Å². The van der Waals surface area contributed by atoms with Gasteiger partial charge in [-0.15, -0.1) is 6.10 Å². The van der Waals surface area contributed by atoms with E-state index >= 15 is 0 Å². The summed E-state index contributed by atoms with van der Waals surface area (Å²) in [6.07, 6.45) is 10.2. The average molecular weight is 601 g/mol. The van der Waals surface area contributed by atoms with E-state index in [0.29, 0.717) is 22.3 Å². The summed E-state index contributed by atoms with van der Waals surface area (Å²) >= 11 is 5.93. The number of hydrogen-bond acceptors (Lipinski definition) is 6. The van der Waals surface area contributed by atoms with Gasteiger partial charge in [0, 0.05) is 48.3 Å². The second kappa shape index (κ2) is 15.2. The van der Waals surface area contributed by atoms with Gasteiger partial charge in [0.05, 0.1) is 17.5 Å². The van der Waals surface area contributed by atoms with E-state index in [1.807, 2.05) is 36.8 Å². The Morgan fingerprint density at radius 3 is 1.62 bits per heavy atom. The first-order chi connectivity index (χ1) is 19.6. The van der Waals surface area contributed by atoms with E-state index in [1.54, 1.807) is 61.1 Å². The van der Waals surface area contributed by atoms with Crippen molar-refractivity contribution in [2.24, 2.45) is 0 Å². The third-order valence-corrected chi connectivity index (χ3v) is 5.57. The minimum absolute atomic E-state index is 0. The van der Waals surface area contributed by atoms with Gasteiger partial charge >= 0.3 is 29.6 Å². The molecule has 0 radical (unpaired) electrons. The van der Waals surface area contributed by atoms with Crippen molar-refractivity contribution in [1.29, 1.82) is 0 Å². The number of halogens is 3. The van der Waals surface area contributed by atoms with E-state index in [9.17, 15) is 13.9 Å². The fraction of sp³-hybridized carbons (Fsp3) is 0.200. The maximum Gasteiger partial charge on any atom is 1.00 e. The smallest absolute Gasteiger partial charge is 0.852 e. The van der Waals surface area contributed by atoms with Crippen LogP contribution in [0, 0.1) is 11.6 Å². The van der Waals surface area contributed by atoms with Gasteiger partial charge in [0.2, 0.25) is 5.65 Å². The molecule has 42 heavy (non-hydrogen) atoms. The topological polar surface area (TPSA) is 92.7 Å². The summed E-state index contributed by atoms with van der Waals surface area (Å²) in [4.78, 5) is 17.0. The predicted octanol–water partition coefficient (Wildman–Crippen LogP) is 3.27. The summed E-state index contributed by atoms with van der Waals surface area (Å²) in [5, 5.41) is 9.88. The van der Waals surface area contributed by atoms with Crippen molar-refractivity contribution in [1.82, 2.24) is 28.7 Å². The van der Waals surface area contributed by atoms with Crippen LogP contribution in [0.4, 0.5) is 8.78 Å². The average Bonchev–Trinajstić information content (AvgIpc) is 3.56. The maximum absolute atomic E-state index is 13.0. The summed E-state index contributed by atoms with van der Waals surface area (Å²) in [5.74, 6) is -0.0314. The molecule has 2 aromatic carbocycles. The first-order valence-electron chi connectivity index (χ1n) is 12.8. The fourth-order valence-corrected chi connectivity index (χ4v) is 3.81. The fourth-order valence-electron chi connectivity index (χ4n) is 3.61. The second-order valence-corrected chi connectivity index (χ2v) is 9.75. The number of benzene rings is 2. The Bertz CT molecular complexity index is 1720. The van der Waals surface area contributed by atoms with Crippen LogP contribution in [0.25, 0.3) is 33.8 Å². The van der Waals surface area contributed by atoms with E-state index < -0.39 is 6.10 Å². The Hall–Kier alpha value is -3.41. The van der Waals surface area contributed by atoms with E-state index in [4.69, 9.17) is 16.3 Å². The molecule has 6 rings (SSSR count). The molecule has 0 aliphatic rings. The first-order valence-corrected chi connectivity index (χ1v) is 13.2. The summed E-state index contributed by atoms with van der Waals surface area (Å²) in [6, 6.07) is 12.4. The van der Waals surface area contributed by atoms with Crippen molar-refractivity contribution < 1.29 is 48.2 Å². The number of imidazole rings is 2.